The smallest absolute Gasteiger partial charge is 0.253 e. The average Bonchev–Trinajstić information content (AvgIpc) is 2.98. The first kappa shape index (κ1) is 38.7. The van der Waals surface area contributed by atoms with Crippen LogP contribution in [0.5, 0.6) is 0 Å². The minimum absolute atomic E-state index is 0.00664. The van der Waals surface area contributed by atoms with Crippen LogP contribution in [0.1, 0.15) is 73.7 Å². The van der Waals surface area contributed by atoms with Gasteiger partial charge in [-0.1, -0.05) is 34.6 Å². The molecule has 2 atom stereocenters. The van der Waals surface area contributed by atoms with E-state index >= 15 is 0 Å². The Labute approximate surface area is 271 Å². The molecule has 0 radical (unpaired) electrons. The van der Waals surface area contributed by atoms with E-state index in [4.69, 9.17) is 0 Å². The van der Waals surface area contributed by atoms with Gasteiger partial charge >= 0.3 is 0 Å². The molecule has 2 rings (SSSR count). The predicted molar refractivity (Wildman–Crippen MR) is 171 cm³/mol. The lowest BCUT2D eigenvalue weighted by molar-refractivity contribution is -0.129. The molecule has 3 N–H and O–H groups in total. The van der Waals surface area contributed by atoms with Gasteiger partial charge in [0.25, 0.3) is 11.8 Å². The van der Waals surface area contributed by atoms with E-state index in [9.17, 15) is 36.7 Å². The number of hydrazine groups is 1. The van der Waals surface area contributed by atoms with Crippen molar-refractivity contribution in [2.75, 3.05) is 40.3 Å². The molecule has 0 aromatic heterocycles. The molecule has 0 spiro atoms. The average molecular weight is 668 g/mol. The van der Waals surface area contributed by atoms with Crippen molar-refractivity contribution in [2.45, 2.75) is 70.9 Å². The summed E-state index contributed by atoms with van der Waals surface area (Å²) in [6, 6.07) is 5.35. The first-order valence-corrected chi connectivity index (χ1v) is 16.8. The fourth-order valence-corrected chi connectivity index (χ4v) is 5.63. The van der Waals surface area contributed by atoms with Gasteiger partial charge in [-0.05, 0) is 55.2 Å². The van der Waals surface area contributed by atoms with Crippen molar-refractivity contribution in [3.8, 4) is 0 Å². The Morgan fingerprint density at radius 3 is 1.96 bits per heavy atom. The largest absolute Gasteiger partial charge is 0.390 e. The number of likely N-dealkylation sites (N-methyl/N-ethyl adjacent to an activating group) is 1. The fourth-order valence-electron chi connectivity index (χ4n) is 4.66. The molecule has 0 heterocycles. The highest BCUT2D eigenvalue weighted by molar-refractivity contribution is 7.89. The van der Waals surface area contributed by atoms with E-state index in [0.29, 0.717) is 38.5 Å². The van der Waals surface area contributed by atoms with Crippen molar-refractivity contribution in [1.82, 2.24) is 25.0 Å². The minimum Gasteiger partial charge on any atom is -0.390 e. The van der Waals surface area contributed by atoms with Crippen LogP contribution < -0.4 is 10.7 Å². The molecule has 0 aliphatic heterocycles. The Kier molecular flexibility index (Phi) is 14.7. The number of hydrogen-bond donors (Lipinski definition) is 3. The molecule has 0 aliphatic rings. The summed E-state index contributed by atoms with van der Waals surface area (Å²) in [7, 11) is -1.43. The van der Waals surface area contributed by atoms with Crippen LogP contribution in [0, 0.1) is 17.6 Å². The summed E-state index contributed by atoms with van der Waals surface area (Å²) < 4.78 is 55.4. The number of carbonyl (C=O) groups is 3. The highest BCUT2D eigenvalue weighted by atomic mass is 32.2. The van der Waals surface area contributed by atoms with Crippen molar-refractivity contribution in [1.29, 1.82) is 0 Å². The second-order valence-electron chi connectivity index (χ2n) is 11.6. The third-order valence-electron chi connectivity index (χ3n) is 7.21. The maximum atomic E-state index is 14.1. The van der Waals surface area contributed by atoms with Crippen molar-refractivity contribution >= 4 is 27.7 Å². The zero-order chi connectivity index (χ0) is 34.8. The van der Waals surface area contributed by atoms with Gasteiger partial charge in [0.05, 0.1) is 17.0 Å². The number of aliphatic hydroxyl groups is 1. The molecule has 46 heavy (non-hydrogen) atoms. The van der Waals surface area contributed by atoms with Gasteiger partial charge in [-0.15, -0.1) is 0 Å². The van der Waals surface area contributed by atoms with Gasteiger partial charge in [-0.2, -0.15) is 0 Å². The van der Waals surface area contributed by atoms with Gasteiger partial charge in [0.2, 0.25) is 15.9 Å². The van der Waals surface area contributed by atoms with Gasteiger partial charge in [0, 0.05) is 63.4 Å². The first-order valence-electron chi connectivity index (χ1n) is 15.4. The maximum absolute atomic E-state index is 14.1. The zero-order valence-corrected chi connectivity index (χ0v) is 28.5. The van der Waals surface area contributed by atoms with E-state index in [2.05, 4.69) is 10.7 Å². The number of rotatable bonds is 17. The molecular weight excluding hydrogens is 620 g/mol. The zero-order valence-electron chi connectivity index (χ0n) is 27.6. The summed E-state index contributed by atoms with van der Waals surface area (Å²) in [5, 5.41) is 15.4. The molecule has 0 saturated carbocycles. The monoisotopic (exact) mass is 667 g/mol. The number of amides is 3. The van der Waals surface area contributed by atoms with E-state index in [0.717, 1.165) is 22.5 Å². The molecule has 256 valence electrons. The summed E-state index contributed by atoms with van der Waals surface area (Å²) in [4.78, 5) is 40.9. The molecular formula is C32H47F2N5O6S. The van der Waals surface area contributed by atoms with E-state index in [-0.39, 0.29) is 46.4 Å². The van der Waals surface area contributed by atoms with Crippen LogP contribution in [-0.2, 0) is 21.2 Å². The standard InChI is InChI=1S/C32H47F2N5O6S/c1-8-11-38(12-9-2)32(43)24-16-23(17-27(18-24)46(44,45)37(6)7)31(42)35-28(15-22-13-25(33)19-26(34)14-22)29(40)20-39(10-3)36-30(41)21(4)5/h13-14,16-19,21,28-29,40H,8-12,15,20H2,1-7H3,(H,35,42)(H,36,41). The number of sulfonamides is 1. The van der Waals surface area contributed by atoms with Crippen molar-refractivity contribution in [3.05, 3.63) is 64.7 Å². The minimum atomic E-state index is -4.08. The van der Waals surface area contributed by atoms with Crippen LogP contribution in [0.2, 0.25) is 0 Å². The van der Waals surface area contributed by atoms with Gasteiger partial charge in [-0.3, -0.25) is 19.8 Å². The summed E-state index contributed by atoms with van der Waals surface area (Å²) >= 11 is 0. The first-order chi connectivity index (χ1) is 21.5. The molecule has 2 aromatic rings. The van der Waals surface area contributed by atoms with Gasteiger partial charge in [0.15, 0.2) is 0 Å². The highest BCUT2D eigenvalue weighted by Crippen LogP contribution is 2.21. The Morgan fingerprint density at radius 1 is 0.891 bits per heavy atom. The summed E-state index contributed by atoms with van der Waals surface area (Å²) in [6.07, 6.45) is -0.232. The van der Waals surface area contributed by atoms with Crippen LogP contribution in [-0.4, -0.2) is 97.9 Å². The quantitative estimate of drug-likeness (QED) is 0.220. The molecule has 14 heteroatoms. The van der Waals surface area contributed by atoms with Gasteiger partial charge in [-0.25, -0.2) is 26.5 Å². The number of carbonyl (C=O) groups excluding carboxylic acids is 3. The Hall–Kier alpha value is -3.46. The second kappa shape index (κ2) is 17.5. The molecule has 3 amide bonds. The molecule has 0 saturated heterocycles. The molecule has 2 unspecified atom stereocenters. The summed E-state index contributed by atoms with van der Waals surface area (Å²) in [5.74, 6) is -3.59. The second-order valence-corrected chi connectivity index (χ2v) is 13.8. The number of benzene rings is 2. The molecule has 11 nitrogen and oxygen atoms in total. The van der Waals surface area contributed by atoms with Crippen LogP contribution in [0.25, 0.3) is 0 Å². The number of hydrogen-bond acceptors (Lipinski definition) is 7. The van der Waals surface area contributed by atoms with E-state index in [1.165, 1.54) is 31.2 Å². The van der Waals surface area contributed by atoms with Crippen molar-refractivity contribution < 1.29 is 36.7 Å². The maximum Gasteiger partial charge on any atom is 0.253 e. The van der Waals surface area contributed by atoms with E-state index in [1.807, 2.05) is 13.8 Å². The lowest BCUT2D eigenvalue weighted by Gasteiger charge is -2.30. The highest BCUT2D eigenvalue weighted by Gasteiger charge is 2.28. The number of aliphatic hydroxyl groups excluding tert-OH is 1. The Bertz CT molecular complexity index is 1440. The van der Waals surface area contributed by atoms with E-state index < -0.39 is 45.6 Å². The topological polar surface area (TPSA) is 139 Å². The number of nitrogens with zero attached hydrogens (tertiary/aromatic N) is 3. The lowest BCUT2D eigenvalue weighted by Crippen LogP contribution is -2.53. The third-order valence-corrected chi connectivity index (χ3v) is 9.00. The van der Waals surface area contributed by atoms with Gasteiger partial charge < -0.3 is 15.3 Å². The SMILES string of the molecule is CCCN(CCC)C(=O)c1cc(C(=O)NC(Cc2cc(F)cc(F)c2)C(O)CN(CC)NC(=O)C(C)C)cc(S(=O)(=O)N(C)C)c1. The van der Waals surface area contributed by atoms with Crippen LogP contribution in [0.3, 0.4) is 0 Å². The third kappa shape index (κ3) is 10.8. The summed E-state index contributed by atoms with van der Waals surface area (Å²) in [5.41, 5.74) is 2.67. The number of nitrogens with one attached hydrogen (secondary N) is 2. The molecule has 0 aliphatic carbocycles. The molecule has 0 bridgehead atoms. The Morgan fingerprint density at radius 2 is 1.46 bits per heavy atom. The normalized spacial score (nSPS) is 13.2. The lowest BCUT2D eigenvalue weighted by atomic mass is 9.99. The van der Waals surface area contributed by atoms with Crippen LogP contribution in [0.15, 0.2) is 41.3 Å². The van der Waals surface area contributed by atoms with Crippen molar-refractivity contribution in [3.63, 3.8) is 0 Å². The predicted octanol–water partition coefficient (Wildman–Crippen LogP) is 3.19. The van der Waals surface area contributed by atoms with Crippen LogP contribution in [0.4, 0.5) is 8.78 Å². The molecule has 0 fully saturated rings. The van der Waals surface area contributed by atoms with E-state index in [1.54, 1.807) is 25.7 Å². The van der Waals surface area contributed by atoms with Gasteiger partial charge in [0.1, 0.15) is 11.6 Å². The summed E-state index contributed by atoms with van der Waals surface area (Å²) in [6.45, 7) is 9.97. The van der Waals surface area contributed by atoms with Crippen molar-refractivity contribution in [2.24, 2.45) is 5.92 Å². The number of halogens is 2. The van der Waals surface area contributed by atoms with Crippen LogP contribution >= 0.6 is 0 Å². The Balaban J connectivity index is 2.57. The fraction of sp³-hybridized carbons (Fsp3) is 0.531. The molecule has 2 aromatic carbocycles.